The normalized spacial score (nSPS) is 15.7. The second kappa shape index (κ2) is 4.97. The molecule has 0 radical (unpaired) electrons. The van der Waals surface area contributed by atoms with E-state index in [0.717, 1.165) is 41.4 Å². The molecule has 1 aliphatic rings. The molecule has 2 aromatic rings. The van der Waals surface area contributed by atoms with E-state index in [1.165, 1.54) is 11.3 Å². The zero-order valence-corrected chi connectivity index (χ0v) is 12.3. The minimum absolute atomic E-state index is 0.857. The van der Waals surface area contributed by atoms with Crippen molar-refractivity contribution in [2.24, 2.45) is 0 Å². The van der Waals surface area contributed by atoms with Crippen LogP contribution in [0.3, 0.4) is 0 Å². The molecule has 1 aliphatic heterocycles. The van der Waals surface area contributed by atoms with Crippen LogP contribution in [0.5, 0.6) is 0 Å². The second-order valence-electron chi connectivity index (χ2n) is 4.56. The lowest BCUT2D eigenvalue weighted by Crippen LogP contribution is -2.30. The maximum absolute atomic E-state index is 5.61. The molecule has 0 amide bonds. The minimum atomic E-state index is 0.857. The third-order valence-electron chi connectivity index (χ3n) is 3.14. The van der Waals surface area contributed by atoms with Crippen LogP contribution in [0.15, 0.2) is 22.7 Å². The van der Waals surface area contributed by atoms with Gasteiger partial charge >= 0.3 is 0 Å². The Hall–Kier alpha value is -0.950. The summed E-state index contributed by atoms with van der Waals surface area (Å²) in [6.45, 7) is 4.74. The molecule has 0 saturated carbocycles. The fourth-order valence-electron chi connectivity index (χ4n) is 2.27. The SMILES string of the molecule is Cc1ncc2c(n1)CCN(Cc1ccc(I)o1)C2. The predicted octanol–water partition coefficient (Wildman–Crippen LogP) is 2.54. The van der Waals surface area contributed by atoms with Gasteiger partial charge in [-0.15, -0.1) is 0 Å². The summed E-state index contributed by atoms with van der Waals surface area (Å²) < 4.78 is 6.55. The smallest absolute Gasteiger partial charge is 0.164 e. The van der Waals surface area contributed by atoms with E-state index in [2.05, 4.69) is 37.5 Å². The largest absolute Gasteiger partial charge is 0.454 e. The van der Waals surface area contributed by atoms with Crippen LogP contribution in [-0.4, -0.2) is 21.4 Å². The number of fused-ring (bicyclic) bond motifs is 1. The average molecular weight is 355 g/mol. The van der Waals surface area contributed by atoms with Crippen molar-refractivity contribution in [3.8, 4) is 0 Å². The quantitative estimate of drug-likeness (QED) is 0.777. The van der Waals surface area contributed by atoms with Gasteiger partial charge in [0, 0.05) is 37.0 Å². The molecule has 0 N–H and O–H groups in total. The molecule has 0 bridgehead atoms. The van der Waals surface area contributed by atoms with E-state index in [-0.39, 0.29) is 0 Å². The Morgan fingerprint density at radius 1 is 1.44 bits per heavy atom. The Balaban J connectivity index is 1.73. The first-order chi connectivity index (χ1) is 8.70. The number of rotatable bonds is 2. The van der Waals surface area contributed by atoms with Crippen LogP contribution in [0.25, 0.3) is 0 Å². The Kier molecular flexibility index (Phi) is 3.34. The Morgan fingerprint density at radius 2 is 2.33 bits per heavy atom. The highest BCUT2D eigenvalue weighted by Gasteiger charge is 2.18. The van der Waals surface area contributed by atoms with Crippen LogP contribution in [0.2, 0.25) is 0 Å². The first kappa shape index (κ1) is 12.1. The molecule has 2 aromatic heterocycles. The van der Waals surface area contributed by atoms with Crippen LogP contribution in [0.1, 0.15) is 22.8 Å². The van der Waals surface area contributed by atoms with E-state index in [1.807, 2.05) is 25.3 Å². The standard InChI is InChI=1S/C13H14IN3O/c1-9-15-6-10-7-17(5-4-12(10)16-9)8-11-2-3-13(14)18-11/h2-3,6H,4-5,7-8H2,1H3. The lowest BCUT2D eigenvalue weighted by Gasteiger charge is -2.27. The highest BCUT2D eigenvalue weighted by atomic mass is 127. The summed E-state index contributed by atoms with van der Waals surface area (Å²) in [6.07, 6.45) is 2.95. The summed E-state index contributed by atoms with van der Waals surface area (Å²) >= 11 is 2.19. The van der Waals surface area contributed by atoms with E-state index >= 15 is 0 Å². The summed E-state index contributed by atoms with van der Waals surface area (Å²) in [7, 11) is 0. The molecule has 18 heavy (non-hydrogen) atoms. The van der Waals surface area contributed by atoms with Gasteiger partial charge in [0.2, 0.25) is 0 Å². The molecule has 94 valence electrons. The highest BCUT2D eigenvalue weighted by Crippen LogP contribution is 2.19. The number of aromatic nitrogens is 2. The fourth-order valence-corrected chi connectivity index (χ4v) is 2.73. The number of furan rings is 1. The Morgan fingerprint density at radius 3 is 3.11 bits per heavy atom. The van der Waals surface area contributed by atoms with Crippen molar-refractivity contribution in [3.05, 3.63) is 44.9 Å². The van der Waals surface area contributed by atoms with Crippen LogP contribution in [0, 0.1) is 10.7 Å². The molecule has 3 rings (SSSR count). The molecule has 0 saturated heterocycles. The van der Waals surface area contributed by atoms with Crippen molar-refractivity contribution in [3.63, 3.8) is 0 Å². The van der Waals surface area contributed by atoms with Crippen LogP contribution in [0.4, 0.5) is 0 Å². The molecule has 0 spiro atoms. The van der Waals surface area contributed by atoms with Gasteiger partial charge in [0.15, 0.2) is 3.77 Å². The summed E-state index contributed by atoms with van der Waals surface area (Å²) in [6, 6.07) is 4.04. The molecule has 0 aromatic carbocycles. The van der Waals surface area contributed by atoms with Crippen LogP contribution < -0.4 is 0 Å². The van der Waals surface area contributed by atoms with Gasteiger partial charge in [-0.1, -0.05) is 0 Å². The van der Waals surface area contributed by atoms with Crippen LogP contribution in [-0.2, 0) is 19.5 Å². The van der Waals surface area contributed by atoms with E-state index in [9.17, 15) is 0 Å². The van der Waals surface area contributed by atoms with E-state index in [4.69, 9.17) is 4.42 Å². The van der Waals surface area contributed by atoms with Gasteiger partial charge in [-0.05, 0) is 41.6 Å². The van der Waals surface area contributed by atoms with Gasteiger partial charge < -0.3 is 4.42 Å². The molecule has 0 unspecified atom stereocenters. The van der Waals surface area contributed by atoms with Crippen molar-refractivity contribution in [2.45, 2.75) is 26.4 Å². The molecular formula is C13H14IN3O. The summed E-state index contributed by atoms with van der Waals surface area (Å²) in [5.74, 6) is 1.89. The molecule has 0 fully saturated rings. The van der Waals surface area contributed by atoms with Crippen LogP contribution >= 0.6 is 22.6 Å². The molecule has 3 heterocycles. The fraction of sp³-hybridized carbons (Fsp3) is 0.385. The maximum atomic E-state index is 5.61. The lowest BCUT2D eigenvalue weighted by atomic mass is 10.1. The number of halogens is 1. The topological polar surface area (TPSA) is 42.2 Å². The van der Waals surface area contributed by atoms with Gasteiger partial charge in [0.25, 0.3) is 0 Å². The summed E-state index contributed by atoms with van der Waals surface area (Å²) in [5.41, 5.74) is 2.45. The molecule has 0 aliphatic carbocycles. The minimum Gasteiger partial charge on any atom is -0.454 e. The van der Waals surface area contributed by atoms with Crippen molar-refractivity contribution in [1.82, 2.24) is 14.9 Å². The van der Waals surface area contributed by atoms with Crippen molar-refractivity contribution < 1.29 is 4.42 Å². The number of nitrogens with zero attached hydrogens (tertiary/aromatic N) is 3. The van der Waals surface area contributed by atoms with Gasteiger partial charge in [-0.3, -0.25) is 4.90 Å². The second-order valence-corrected chi connectivity index (χ2v) is 5.62. The van der Waals surface area contributed by atoms with Crippen molar-refractivity contribution in [1.29, 1.82) is 0 Å². The van der Waals surface area contributed by atoms with Crippen molar-refractivity contribution >= 4 is 22.6 Å². The summed E-state index contributed by atoms with van der Waals surface area (Å²) in [5, 5.41) is 0. The predicted molar refractivity (Wildman–Crippen MR) is 76.0 cm³/mol. The number of hydrogen-bond donors (Lipinski definition) is 0. The molecule has 4 nitrogen and oxygen atoms in total. The van der Waals surface area contributed by atoms with E-state index in [0.29, 0.717) is 0 Å². The third-order valence-corrected chi connectivity index (χ3v) is 3.72. The lowest BCUT2D eigenvalue weighted by molar-refractivity contribution is 0.222. The zero-order valence-electron chi connectivity index (χ0n) is 10.2. The molecular weight excluding hydrogens is 341 g/mol. The summed E-state index contributed by atoms with van der Waals surface area (Å²) in [4.78, 5) is 11.1. The van der Waals surface area contributed by atoms with Crippen molar-refractivity contribution in [2.75, 3.05) is 6.54 Å². The van der Waals surface area contributed by atoms with Gasteiger partial charge in [-0.25, -0.2) is 9.97 Å². The van der Waals surface area contributed by atoms with E-state index < -0.39 is 0 Å². The maximum Gasteiger partial charge on any atom is 0.164 e. The molecule has 5 heteroatoms. The van der Waals surface area contributed by atoms with E-state index in [1.54, 1.807) is 0 Å². The Bertz CT molecular complexity index is 567. The monoisotopic (exact) mass is 355 g/mol. The average Bonchev–Trinajstić information content (AvgIpc) is 2.75. The zero-order chi connectivity index (χ0) is 12.5. The first-order valence-electron chi connectivity index (χ1n) is 5.98. The van der Waals surface area contributed by atoms with Gasteiger partial charge in [0.05, 0.1) is 6.54 Å². The number of aryl methyl sites for hydroxylation is 1. The first-order valence-corrected chi connectivity index (χ1v) is 7.06. The third kappa shape index (κ3) is 2.56. The number of hydrogen-bond acceptors (Lipinski definition) is 4. The Labute approximate surface area is 120 Å². The van der Waals surface area contributed by atoms with Gasteiger partial charge in [-0.2, -0.15) is 0 Å². The highest BCUT2D eigenvalue weighted by molar-refractivity contribution is 14.1. The molecule has 0 atom stereocenters. The van der Waals surface area contributed by atoms with Gasteiger partial charge in [0.1, 0.15) is 11.6 Å².